The van der Waals surface area contributed by atoms with E-state index < -0.39 is 12.1 Å². The van der Waals surface area contributed by atoms with Crippen LogP contribution in [0.15, 0.2) is 23.3 Å². The van der Waals surface area contributed by atoms with Crippen molar-refractivity contribution in [2.45, 2.75) is 52.1 Å². The van der Waals surface area contributed by atoms with Crippen molar-refractivity contribution < 1.29 is 13.2 Å². The fraction of sp³-hybridized carbons (Fsp3) is 0.714. The third kappa shape index (κ3) is 2.58. The van der Waals surface area contributed by atoms with Gasteiger partial charge in [-0.15, -0.1) is 0 Å². The van der Waals surface area contributed by atoms with Crippen LogP contribution in [0.3, 0.4) is 0 Å². The van der Waals surface area contributed by atoms with Crippen LogP contribution in [0.1, 0.15) is 46.0 Å². The Hall–Kier alpha value is -0.730. The minimum Gasteiger partial charge on any atom is -0.171 e. The molecule has 0 heterocycles. The van der Waals surface area contributed by atoms with Crippen LogP contribution in [0.2, 0.25) is 0 Å². The second-order valence-electron chi connectivity index (χ2n) is 5.73. The van der Waals surface area contributed by atoms with Crippen LogP contribution in [-0.2, 0) is 0 Å². The Morgan fingerprint density at radius 3 is 2.24 bits per heavy atom. The molecule has 0 nitrogen and oxygen atoms in total. The Labute approximate surface area is 101 Å². The Morgan fingerprint density at radius 2 is 1.82 bits per heavy atom. The Balaban J connectivity index is 2.03. The van der Waals surface area contributed by atoms with E-state index >= 15 is 0 Å². The van der Waals surface area contributed by atoms with Gasteiger partial charge in [0.05, 0.1) is 5.92 Å². The molecular formula is C14H19F3. The smallest absolute Gasteiger partial charge is 0.171 e. The highest BCUT2D eigenvalue weighted by Gasteiger charge is 2.45. The van der Waals surface area contributed by atoms with Crippen LogP contribution >= 0.6 is 0 Å². The van der Waals surface area contributed by atoms with Gasteiger partial charge < -0.3 is 0 Å². The molecule has 0 aromatic carbocycles. The number of alkyl halides is 3. The van der Waals surface area contributed by atoms with E-state index in [0.717, 1.165) is 6.42 Å². The highest BCUT2D eigenvalue weighted by Crippen LogP contribution is 2.49. The minimum absolute atomic E-state index is 0.0283. The summed E-state index contributed by atoms with van der Waals surface area (Å²) in [6.07, 6.45) is 3.19. The largest absolute Gasteiger partial charge is 0.391 e. The first-order chi connectivity index (χ1) is 7.81. The summed E-state index contributed by atoms with van der Waals surface area (Å²) < 4.78 is 37.8. The average molecular weight is 244 g/mol. The van der Waals surface area contributed by atoms with Gasteiger partial charge in [0.15, 0.2) is 0 Å². The fourth-order valence-electron chi connectivity index (χ4n) is 2.95. The quantitative estimate of drug-likeness (QED) is 0.607. The van der Waals surface area contributed by atoms with Crippen LogP contribution in [0.4, 0.5) is 13.2 Å². The summed E-state index contributed by atoms with van der Waals surface area (Å²) in [7, 11) is 0. The predicted molar refractivity (Wildman–Crippen MR) is 62.6 cm³/mol. The summed E-state index contributed by atoms with van der Waals surface area (Å²) in [5, 5.41) is 0. The van der Waals surface area contributed by atoms with Crippen LogP contribution in [0.5, 0.6) is 0 Å². The summed E-state index contributed by atoms with van der Waals surface area (Å²) >= 11 is 0. The molecule has 0 bridgehead atoms. The Morgan fingerprint density at radius 1 is 1.24 bits per heavy atom. The number of hydrogen-bond donors (Lipinski definition) is 0. The van der Waals surface area contributed by atoms with Gasteiger partial charge in [0.1, 0.15) is 0 Å². The van der Waals surface area contributed by atoms with Gasteiger partial charge in [-0.2, -0.15) is 13.2 Å². The van der Waals surface area contributed by atoms with Crippen LogP contribution in [0.25, 0.3) is 0 Å². The molecule has 0 aromatic rings. The summed E-state index contributed by atoms with van der Waals surface area (Å²) in [4.78, 5) is 0. The molecule has 0 saturated heterocycles. The molecule has 1 saturated carbocycles. The zero-order valence-electron chi connectivity index (χ0n) is 10.4. The zero-order valence-corrected chi connectivity index (χ0v) is 10.4. The van der Waals surface area contributed by atoms with Crippen LogP contribution in [-0.4, -0.2) is 6.18 Å². The number of halogens is 3. The van der Waals surface area contributed by atoms with Crippen molar-refractivity contribution in [1.82, 2.24) is 0 Å². The normalized spacial score (nSPS) is 34.5. The van der Waals surface area contributed by atoms with Crippen LogP contribution < -0.4 is 0 Å². The summed E-state index contributed by atoms with van der Waals surface area (Å²) in [5.74, 6) is -1.08. The first-order valence-electron chi connectivity index (χ1n) is 6.26. The van der Waals surface area contributed by atoms with Gasteiger partial charge in [-0.25, -0.2) is 0 Å². The molecule has 2 rings (SSSR count). The molecule has 96 valence electrons. The number of allylic oxidation sites excluding steroid dienone is 4. The van der Waals surface area contributed by atoms with E-state index in [4.69, 9.17) is 0 Å². The van der Waals surface area contributed by atoms with Crippen molar-refractivity contribution in [3.8, 4) is 0 Å². The molecule has 2 aliphatic carbocycles. The van der Waals surface area contributed by atoms with Gasteiger partial charge in [0, 0.05) is 0 Å². The number of rotatable bonds is 1. The topological polar surface area (TPSA) is 0 Å². The van der Waals surface area contributed by atoms with Gasteiger partial charge in [-0.1, -0.05) is 24.6 Å². The van der Waals surface area contributed by atoms with E-state index in [9.17, 15) is 13.2 Å². The minimum atomic E-state index is -4.00. The molecule has 0 N–H and O–H groups in total. The Kier molecular flexibility index (Phi) is 3.13. The first kappa shape index (κ1) is 12.7. The number of hydrogen-bond acceptors (Lipinski definition) is 0. The van der Waals surface area contributed by atoms with E-state index in [2.05, 4.69) is 26.0 Å². The predicted octanol–water partition coefficient (Wildman–Crippen LogP) is 5.02. The standard InChI is InChI=1S/C14H19F3/c1-10-3-4-12(9-10)13(2)7-5-11(6-8-13)14(15,16)17/h4,9,11H,3,5-8H2,1-2H3. The zero-order chi connectivity index (χ0) is 12.7. The van der Waals surface area contributed by atoms with Crippen molar-refractivity contribution in [1.29, 1.82) is 0 Å². The summed E-state index contributed by atoms with van der Waals surface area (Å²) in [5.41, 5.74) is 2.55. The SMILES string of the molecule is CC1=CC(C2(C)CCC(C(F)(F)F)CC2)=CC1. The lowest BCUT2D eigenvalue weighted by Crippen LogP contribution is -2.32. The monoisotopic (exact) mass is 244 g/mol. The van der Waals surface area contributed by atoms with Crippen molar-refractivity contribution in [3.63, 3.8) is 0 Å². The molecule has 0 atom stereocenters. The van der Waals surface area contributed by atoms with Gasteiger partial charge in [-0.05, 0) is 50.0 Å². The fourth-order valence-corrected chi connectivity index (χ4v) is 2.95. The van der Waals surface area contributed by atoms with Crippen molar-refractivity contribution in [2.75, 3.05) is 0 Å². The molecule has 0 unspecified atom stereocenters. The van der Waals surface area contributed by atoms with E-state index in [-0.39, 0.29) is 18.3 Å². The molecule has 0 aliphatic heterocycles. The van der Waals surface area contributed by atoms with Crippen molar-refractivity contribution in [2.24, 2.45) is 11.3 Å². The van der Waals surface area contributed by atoms with Crippen LogP contribution in [0, 0.1) is 11.3 Å². The van der Waals surface area contributed by atoms with Gasteiger partial charge in [0.25, 0.3) is 0 Å². The van der Waals surface area contributed by atoms with Gasteiger partial charge in [-0.3, -0.25) is 0 Å². The second-order valence-corrected chi connectivity index (χ2v) is 5.73. The average Bonchev–Trinajstić information content (AvgIpc) is 2.65. The van der Waals surface area contributed by atoms with Crippen molar-refractivity contribution >= 4 is 0 Å². The molecule has 17 heavy (non-hydrogen) atoms. The third-order valence-electron chi connectivity index (χ3n) is 4.29. The maximum absolute atomic E-state index is 12.6. The first-order valence-corrected chi connectivity index (χ1v) is 6.26. The van der Waals surface area contributed by atoms with Crippen molar-refractivity contribution in [3.05, 3.63) is 23.3 Å². The maximum Gasteiger partial charge on any atom is 0.391 e. The molecule has 0 aromatic heterocycles. The molecular weight excluding hydrogens is 225 g/mol. The second kappa shape index (κ2) is 4.18. The molecule has 2 aliphatic rings. The molecule has 0 amide bonds. The summed E-state index contributed by atoms with van der Waals surface area (Å²) in [6, 6.07) is 0. The lowest BCUT2D eigenvalue weighted by molar-refractivity contribution is -0.185. The molecule has 0 radical (unpaired) electrons. The third-order valence-corrected chi connectivity index (χ3v) is 4.29. The molecule has 0 spiro atoms. The lowest BCUT2D eigenvalue weighted by Gasteiger charge is -2.38. The van der Waals surface area contributed by atoms with Gasteiger partial charge >= 0.3 is 6.18 Å². The van der Waals surface area contributed by atoms with Gasteiger partial charge in [0.2, 0.25) is 0 Å². The molecule has 3 heteroatoms. The highest BCUT2D eigenvalue weighted by atomic mass is 19.4. The molecule has 1 fully saturated rings. The Bertz CT molecular complexity index is 352. The maximum atomic E-state index is 12.6. The van der Waals surface area contributed by atoms with E-state index in [1.807, 2.05) is 0 Å². The lowest BCUT2D eigenvalue weighted by atomic mass is 9.67. The highest BCUT2D eigenvalue weighted by molar-refractivity contribution is 5.36. The summed E-state index contributed by atoms with van der Waals surface area (Å²) in [6.45, 7) is 4.19. The van der Waals surface area contributed by atoms with E-state index in [1.54, 1.807) is 0 Å². The van der Waals surface area contributed by atoms with E-state index in [0.29, 0.717) is 12.8 Å². The van der Waals surface area contributed by atoms with E-state index in [1.165, 1.54) is 11.1 Å².